The maximum Gasteiger partial charge on any atom is 0.248 e. The monoisotopic (exact) mass is 522 g/mol. The van der Waals surface area contributed by atoms with Gasteiger partial charge in [0.25, 0.3) is 0 Å². The molecule has 0 heterocycles. The molecule has 1 fully saturated rings. The Balaban J connectivity index is 1.58. The van der Waals surface area contributed by atoms with Crippen LogP contribution in [0.1, 0.15) is 62.1 Å². The second-order valence-electron chi connectivity index (χ2n) is 11.8. The van der Waals surface area contributed by atoms with Crippen molar-refractivity contribution < 1.29 is 30.0 Å². The van der Waals surface area contributed by atoms with Crippen molar-refractivity contribution in [3.63, 3.8) is 0 Å². The maximum absolute atomic E-state index is 13.9. The molecule has 0 saturated heterocycles. The normalized spacial score (nSPS) is 30.0. The predicted octanol–water partition coefficient (Wildman–Crippen LogP) is 3.46. The Kier molecular flexibility index (Phi) is 6.68. The summed E-state index contributed by atoms with van der Waals surface area (Å²) in [6, 6.07) is 2.68. The molecule has 204 valence electrons. The van der Waals surface area contributed by atoms with Crippen LogP contribution in [-0.2, 0) is 22.4 Å². The molecule has 1 aromatic rings. The van der Waals surface area contributed by atoms with Gasteiger partial charge in [0.2, 0.25) is 5.91 Å². The molecule has 0 aromatic heterocycles. The van der Waals surface area contributed by atoms with E-state index in [-0.39, 0.29) is 34.0 Å². The molecule has 4 aliphatic carbocycles. The molecule has 4 aliphatic rings. The maximum atomic E-state index is 13.9. The molecule has 5 unspecified atom stereocenters. The largest absolute Gasteiger partial charge is 0.510 e. The number of rotatable bonds is 5. The number of hydrogen-bond acceptors (Lipinski definition) is 7. The first-order valence-electron chi connectivity index (χ1n) is 13.6. The van der Waals surface area contributed by atoms with Crippen molar-refractivity contribution in [2.45, 2.75) is 69.9 Å². The quantitative estimate of drug-likeness (QED) is 0.373. The van der Waals surface area contributed by atoms with Crippen LogP contribution in [0.25, 0.3) is 5.76 Å². The minimum absolute atomic E-state index is 0.0782. The lowest BCUT2D eigenvalue weighted by Crippen LogP contribution is -2.62. The average Bonchev–Trinajstić information content (AvgIpc) is 2.87. The molecule has 38 heavy (non-hydrogen) atoms. The van der Waals surface area contributed by atoms with Crippen molar-refractivity contribution in [1.29, 1.82) is 0 Å². The summed E-state index contributed by atoms with van der Waals surface area (Å²) < 4.78 is 0. The van der Waals surface area contributed by atoms with E-state index >= 15 is 0 Å². The molecule has 1 aromatic carbocycles. The number of hydrogen-bond donors (Lipinski definition) is 5. The highest BCUT2D eigenvalue weighted by Gasteiger charge is 2.60. The fourth-order valence-corrected chi connectivity index (χ4v) is 7.36. The van der Waals surface area contributed by atoms with Crippen molar-refractivity contribution in [1.82, 2.24) is 4.90 Å². The van der Waals surface area contributed by atoms with Gasteiger partial charge in [0, 0.05) is 17.9 Å². The Morgan fingerprint density at radius 1 is 1.21 bits per heavy atom. The summed E-state index contributed by atoms with van der Waals surface area (Å²) in [6.07, 6.45) is 8.01. The number of likely N-dealkylation sites (N-methyl/N-ethyl adjacent to an activating group) is 1. The number of carbonyl (C=O) groups is 2. The van der Waals surface area contributed by atoms with Crippen LogP contribution >= 0.6 is 0 Å². The van der Waals surface area contributed by atoms with E-state index in [4.69, 9.17) is 5.73 Å². The number of phenolic OH excluding ortho intramolecular Hbond substituents is 1. The van der Waals surface area contributed by atoms with Crippen molar-refractivity contribution in [2.75, 3.05) is 14.1 Å². The van der Waals surface area contributed by atoms with Crippen LogP contribution in [0.4, 0.5) is 0 Å². The number of aliphatic hydroxyl groups excluding tert-OH is 2. The zero-order valence-corrected chi connectivity index (χ0v) is 22.3. The van der Waals surface area contributed by atoms with E-state index in [1.54, 1.807) is 25.1 Å². The van der Waals surface area contributed by atoms with Gasteiger partial charge in [-0.05, 0) is 88.1 Å². The minimum Gasteiger partial charge on any atom is -0.510 e. The van der Waals surface area contributed by atoms with E-state index in [0.29, 0.717) is 18.8 Å². The van der Waals surface area contributed by atoms with Gasteiger partial charge >= 0.3 is 0 Å². The summed E-state index contributed by atoms with van der Waals surface area (Å²) in [5, 5.41) is 44.9. The zero-order chi connectivity index (χ0) is 27.5. The Bertz CT molecular complexity index is 1290. The van der Waals surface area contributed by atoms with E-state index in [2.05, 4.69) is 13.0 Å². The van der Waals surface area contributed by atoms with Gasteiger partial charge in [0.1, 0.15) is 22.9 Å². The highest BCUT2D eigenvalue weighted by molar-refractivity contribution is 6.10. The van der Waals surface area contributed by atoms with Gasteiger partial charge in [0.15, 0.2) is 5.78 Å². The minimum atomic E-state index is -2.02. The number of phenols is 1. The van der Waals surface area contributed by atoms with E-state index < -0.39 is 41.6 Å². The molecule has 0 aliphatic heterocycles. The third kappa shape index (κ3) is 4.05. The average molecular weight is 523 g/mol. The first-order valence-corrected chi connectivity index (χ1v) is 13.6. The molecule has 8 nitrogen and oxygen atoms in total. The van der Waals surface area contributed by atoms with Crippen molar-refractivity contribution in [3.8, 4) is 5.75 Å². The molecule has 0 bridgehead atoms. The lowest BCUT2D eigenvalue weighted by Gasteiger charge is -2.51. The molecule has 0 spiro atoms. The smallest absolute Gasteiger partial charge is 0.248 e. The number of amides is 1. The lowest BCUT2D eigenvalue weighted by molar-refractivity contribution is -0.151. The fraction of sp³-hybridized carbons (Fsp3) is 0.533. The van der Waals surface area contributed by atoms with Crippen LogP contribution in [0.15, 0.2) is 40.7 Å². The molecule has 1 saturated carbocycles. The Labute approximate surface area is 223 Å². The van der Waals surface area contributed by atoms with Gasteiger partial charge in [-0.1, -0.05) is 24.6 Å². The van der Waals surface area contributed by atoms with Crippen LogP contribution in [0.5, 0.6) is 5.75 Å². The number of aliphatic hydroxyl groups is 3. The molecule has 1 amide bonds. The molecular weight excluding hydrogens is 484 g/mol. The second-order valence-corrected chi connectivity index (χ2v) is 11.8. The summed E-state index contributed by atoms with van der Waals surface area (Å²) in [7, 11) is 3.43. The lowest BCUT2D eigenvalue weighted by atomic mass is 9.57. The van der Waals surface area contributed by atoms with Crippen LogP contribution in [-0.4, -0.2) is 62.8 Å². The van der Waals surface area contributed by atoms with Gasteiger partial charge in [-0.3, -0.25) is 14.5 Å². The fourth-order valence-electron chi connectivity index (χ4n) is 7.36. The van der Waals surface area contributed by atoms with Crippen molar-refractivity contribution >= 4 is 17.4 Å². The number of nitrogens with zero attached hydrogens (tertiary/aromatic N) is 1. The molecule has 5 atom stereocenters. The van der Waals surface area contributed by atoms with Crippen molar-refractivity contribution in [2.24, 2.45) is 23.5 Å². The second kappa shape index (κ2) is 9.58. The zero-order valence-electron chi connectivity index (χ0n) is 22.3. The number of allylic oxidation sites excluding steroid dienone is 2. The van der Waals surface area contributed by atoms with E-state index in [9.17, 15) is 30.0 Å². The van der Waals surface area contributed by atoms with E-state index in [0.717, 1.165) is 30.4 Å². The van der Waals surface area contributed by atoms with Gasteiger partial charge in [-0.2, -0.15) is 0 Å². The SMILES string of the molecule is CC(Cc1ccc(O)c2c1CC1CC3C(N(C)C)C(O)=C(C(N)=O)CC3(O)C(=O)C1=C2O)C1=CCCCC1. The molecular formula is C30H38N2O6. The summed E-state index contributed by atoms with van der Waals surface area (Å²) >= 11 is 0. The van der Waals surface area contributed by atoms with Gasteiger partial charge < -0.3 is 26.2 Å². The summed E-state index contributed by atoms with van der Waals surface area (Å²) in [4.78, 5) is 27.7. The standard InChI is InChI=1S/C30H38N2O6/c1-15(16-7-5-4-6-8-16)11-17-9-10-22(33)24-19(17)12-18-13-21-25(32(2)3)26(34)20(29(31)37)14-30(21,38)28(36)23(18)27(24)35/h7,9-10,15,18,21,25,33-35,38H,4-6,8,11-14H2,1-3H3,(H2,31,37). The van der Waals surface area contributed by atoms with Crippen LogP contribution in [0.3, 0.4) is 0 Å². The molecule has 6 N–H and O–H groups in total. The predicted molar refractivity (Wildman–Crippen MR) is 143 cm³/mol. The first-order chi connectivity index (χ1) is 18.0. The number of fused-ring (bicyclic) bond motifs is 3. The van der Waals surface area contributed by atoms with Crippen LogP contribution in [0, 0.1) is 17.8 Å². The van der Waals surface area contributed by atoms with Gasteiger partial charge in [-0.25, -0.2) is 0 Å². The molecule has 8 heteroatoms. The number of nitrogens with two attached hydrogens (primary N) is 1. The first kappa shape index (κ1) is 26.5. The van der Waals surface area contributed by atoms with E-state index in [1.807, 2.05) is 6.07 Å². The molecule has 0 radical (unpaired) electrons. The summed E-state index contributed by atoms with van der Waals surface area (Å²) in [5.41, 5.74) is 6.93. The number of Topliss-reactive ketones (excluding diaryl/α,β-unsaturated/α-hetero) is 1. The van der Waals surface area contributed by atoms with Gasteiger partial charge in [0.05, 0.1) is 17.2 Å². The number of benzene rings is 1. The third-order valence-electron chi connectivity index (χ3n) is 9.28. The Morgan fingerprint density at radius 3 is 2.58 bits per heavy atom. The summed E-state index contributed by atoms with van der Waals surface area (Å²) in [5.74, 6) is -3.00. The van der Waals surface area contributed by atoms with E-state index in [1.165, 1.54) is 18.4 Å². The van der Waals surface area contributed by atoms with Gasteiger partial charge in [-0.15, -0.1) is 0 Å². The number of ketones is 1. The Hall–Kier alpha value is -3.10. The number of primary amides is 1. The van der Waals surface area contributed by atoms with Crippen LogP contribution in [0.2, 0.25) is 0 Å². The number of carbonyl (C=O) groups excluding carboxylic acids is 2. The van der Waals surface area contributed by atoms with Crippen molar-refractivity contribution in [3.05, 3.63) is 57.4 Å². The number of aromatic hydroxyl groups is 1. The van der Waals surface area contributed by atoms with Crippen LogP contribution < -0.4 is 5.73 Å². The Morgan fingerprint density at radius 2 is 1.95 bits per heavy atom. The highest BCUT2D eigenvalue weighted by Crippen LogP contribution is 2.53. The highest BCUT2D eigenvalue weighted by atomic mass is 16.3. The molecule has 5 rings (SSSR count). The topological polar surface area (TPSA) is 144 Å². The third-order valence-corrected chi connectivity index (χ3v) is 9.28. The summed E-state index contributed by atoms with van der Waals surface area (Å²) in [6.45, 7) is 2.21.